The summed E-state index contributed by atoms with van der Waals surface area (Å²) in [5.74, 6) is -0.133. The lowest BCUT2D eigenvalue weighted by atomic mass is 9.95. The van der Waals surface area contributed by atoms with Gasteiger partial charge in [-0.2, -0.15) is 0 Å². The normalized spacial score (nSPS) is 21.8. The van der Waals surface area contributed by atoms with Crippen LogP contribution >= 0.6 is 0 Å². The lowest BCUT2D eigenvalue weighted by Crippen LogP contribution is -2.47. The Morgan fingerprint density at radius 2 is 2.33 bits per heavy atom. The molecular formula is C13H25N3O2. The van der Waals surface area contributed by atoms with Gasteiger partial charge in [-0.15, -0.1) is 0 Å². The number of carbonyl (C=O) groups is 2. The van der Waals surface area contributed by atoms with E-state index < -0.39 is 0 Å². The molecular weight excluding hydrogens is 230 g/mol. The standard InChI is InChI=1S/C13H25N3O2/c1-3-4-5-11(9-14)15-13(18)10-6-7-16(2)12(17)8-10/h10-11H,3-9,14H2,1-2H3,(H,15,18). The minimum Gasteiger partial charge on any atom is -0.352 e. The van der Waals surface area contributed by atoms with Gasteiger partial charge < -0.3 is 16.0 Å². The summed E-state index contributed by atoms with van der Waals surface area (Å²) >= 11 is 0. The number of nitrogens with two attached hydrogens (primary N) is 1. The fourth-order valence-corrected chi connectivity index (χ4v) is 2.19. The van der Waals surface area contributed by atoms with E-state index in [-0.39, 0.29) is 23.8 Å². The van der Waals surface area contributed by atoms with Gasteiger partial charge in [0.1, 0.15) is 0 Å². The Bertz CT molecular complexity index is 294. The smallest absolute Gasteiger partial charge is 0.223 e. The van der Waals surface area contributed by atoms with E-state index in [1.54, 1.807) is 11.9 Å². The van der Waals surface area contributed by atoms with Crippen LogP contribution in [-0.4, -0.2) is 42.9 Å². The molecule has 1 rings (SSSR count). The van der Waals surface area contributed by atoms with Crippen molar-refractivity contribution < 1.29 is 9.59 Å². The summed E-state index contributed by atoms with van der Waals surface area (Å²) in [6.45, 7) is 3.25. The summed E-state index contributed by atoms with van der Waals surface area (Å²) in [6, 6.07) is 0.0483. The van der Waals surface area contributed by atoms with Gasteiger partial charge in [-0.05, 0) is 12.8 Å². The lowest BCUT2D eigenvalue weighted by molar-refractivity contribution is -0.139. The zero-order valence-electron chi connectivity index (χ0n) is 11.4. The SMILES string of the molecule is CCCCC(CN)NC(=O)C1CCN(C)C(=O)C1. The predicted molar refractivity (Wildman–Crippen MR) is 70.9 cm³/mol. The second-order valence-electron chi connectivity index (χ2n) is 5.09. The van der Waals surface area contributed by atoms with Crippen molar-refractivity contribution in [3.63, 3.8) is 0 Å². The van der Waals surface area contributed by atoms with Gasteiger partial charge in [0.15, 0.2) is 0 Å². The van der Waals surface area contributed by atoms with Crippen LogP contribution in [0.2, 0.25) is 0 Å². The molecule has 2 unspecified atom stereocenters. The minimum atomic E-state index is -0.177. The number of hydrogen-bond donors (Lipinski definition) is 2. The van der Waals surface area contributed by atoms with Crippen LogP contribution in [0.15, 0.2) is 0 Å². The molecule has 5 nitrogen and oxygen atoms in total. The van der Waals surface area contributed by atoms with E-state index in [9.17, 15) is 9.59 Å². The van der Waals surface area contributed by atoms with Gasteiger partial charge in [-0.25, -0.2) is 0 Å². The maximum absolute atomic E-state index is 12.0. The van der Waals surface area contributed by atoms with Crippen LogP contribution in [-0.2, 0) is 9.59 Å². The first kappa shape index (κ1) is 15.0. The number of amides is 2. The molecule has 0 aromatic carbocycles. The summed E-state index contributed by atoms with van der Waals surface area (Å²) in [6.07, 6.45) is 4.15. The average molecular weight is 255 g/mol. The summed E-state index contributed by atoms with van der Waals surface area (Å²) in [4.78, 5) is 25.3. The van der Waals surface area contributed by atoms with E-state index >= 15 is 0 Å². The van der Waals surface area contributed by atoms with Crippen LogP contribution in [0.3, 0.4) is 0 Å². The Labute approximate surface area is 109 Å². The van der Waals surface area contributed by atoms with Gasteiger partial charge in [0, 0.05) is 38.5 Å². The monoisotopic (exact) mass is 255 g/mol. The zero-order valence-corrected chi connectivity index (χ0v) is 11.4. The maximum Gasteiger partial charge on any atom is 0.223 e. The van der Waals surface area contributed by atoms with Crippen LogP contribution in [0, 0.1) is 5.92 Å². The number of hydrogen-bond acceptors (Lipinski definition) is 3. The molecule has 104 valence electrons. The molecule has 0 radical (unpaired) electrons. The van der Waals surface area contributed by atoms with E-state index in [1.807, 2.05) is 0 Å². The molecule has 1 fully saturated rings. The largest absolute Gasteiger partial charge is 0.352 e. The van der Waals surface area contributed by atoms with Gasteiger partial charge in [-0.3, -0.25) is 9.59 Å². The molecule has 0 aliphatic carbocycles. The Kier molecular flexibility index (Phi) is 6.12. The zero-order chi connectivity index (χ0) is 13.5. The minimum absolute atomic E-state index is 0.0111. The van der Waals surface area contributed by atoms with Crippen molar-refractivity contribution in [2.24, 2.45) is 11.7 Å². The molecule has 3 N–H and O–H groups in total. The van der Waals surface area contributed by atoms with Crippen molar-refractivity contribution in [1.82, 2.24) is 10.2 Å². The number of nitrogens with zero attached hydrogens (tertiary/aromatic N) is 1. The number of piperidine rings is 1. The van der Waals surface area contributed by atoms with Crippen LogP contribution in [0.1, 0.15) is 39.0 Å². The first-order valence-corrected chi connectivity index (χ1v) is 6.82. The van der Waals surface area contributed by atoms with E-state index in [2.05, 4.69) is 12.2 Å². The third-order valence-electron chi connectivity index (χ3n) is 3.57. The molecule has 2 atom stereocenters. The number of carbonyl (C=O) groups excluding carboxylic acids is 2. The molecule has 2 amide bonds. The van der Waals surface area contributed by atoms with Crippen molar-refractivity contribution >= 4 is 11.8 Å². The molecule has 0 spiro atoms. The highest BCUT2D eigenvalue weighted by atomic mass is 16.2. The lowest BCUT2D eigenvalue weighted by Gasteiger charge is -2.29. The molecule has 0 aromatic rings. The predicted octanol–water partition coefficient (Wildman–Crippen LogP) is 0.489. The first-order chi connectivity index (χ1) is 8.58. The summed E-state index contributed by atoms with van der Waals surface area (Å²) in [7, 11) is 1.78. The molecule has 18 heavy (non-hydrogen) atoms. The first-order valence-electron chi connectivity index (χ1n) is 6.82. The molecule has 1 aliphatic heterocycles. The van der Waals surface area contributed by atoms with Crippen molar-refractivity contribution in [1.29, 1.82) is 0 Å². The molecule has 0 saturated carbocycles. The number of rotatable bonds is 6. The summed E-state index contributed by atoms with van der Waals surface area (Å²) in [5.41, 5.74) is 5.65. The molecule has 1 aliphatic rings. The number of likely N-dealkylation sites (tertiary alicyclic amines) is 1. The molecule has 0 bridgehead atoms. The highest BCUT2D eigenvalue weighted by Crippen LogP contribution is 2.17. The summed E-state index contributed by atoms with van der Waals surface area (Å²) in [5, 5.41) is 2.97. The highest BCUT2D eigenvalue weighted by molar-refractivity contribution is 5.86. The Morgan fingerprint density at radius 3 is 2.89 bits per heavy atom. The van der Waals surface area contributed by atoms with Crippen molar-refractivity contribution in [3.8, 4) is 0 Å². The van der Waals surface area contributed by atoms with Crippen molar-refractivity contribution in [2.75, 3.05) is 20.1 Å². The van der Waals surface area contributed by atoms with Crippen LogP contribution in [0.5, 0.6) is 0 Å². The number of unbranched alkanes of at least 4 members (excludes halogenated alkanes) is 1. The summed E-state index contributed by atoms with van der Waals surface area (Å²) < 4.78 is 0. The van der Waals surface area contributed by atoms with Crippen molar-refractivity contribution in [3.05, 3.63) is 0 Å². The van der Waals surface area contributed by atoms with E-state index in [0.29, 0.717) is 19.5 Å². The van der Waals surface area contributed by atoms with Gasteiger partial charge in [0.25, 0.3) is 0 Å². The fraction of sp³-hybridized carbons (Fsp3) is 0.846. The van der Waals surface area contributed by atoms with Crippen LogP contribution in [0.25, 0.3) is 0 Å². The second kappa shape index (κ2) is 7.36. The van der Waals surface area contributed by atoms with Gasteiger partial charge in [0.2, 0.25) is 11.8 Å². The average Bonchev–Trinajstić information content (AvgIpc) is 2.37. The van der Waals surface area contributed by atoms with E-state index in [4.69, 9.17) is 5.73 Å². The Hall–Kier alpha value is -1.10. The number of nitrogens with one attached hydrogen (secondary N) is 1. The van der Waals surface area contributed by atoms with Gasteiger partial charge in [-0.1, -0.05) is 19.8 Å². The maximum atomic E-state index is 12.0. The van der Waals surface area contributed by atoms with Crippen molar-refractivity contribution in [2.45, 2.75) is 45.1 Å². The third kappa shape index (κ3) is 4.29. The van der Waals surface area contributed by atoms with E-state index in [1.165, 1.54) is 0 Å². The second-order valence-corrected chi connectivity index (χ2v) is 5.09. The van der Waals surface area contributed by atoms with Gasteiger partial charge >= 0.3 is 0 Å². The topological polar surface area (TPSA) is 75.4 Å². The molecule has 5 heteroatoms. The van der Waals surface area contributed by atoms with Crippen LogP contribution < -0.4 is 11.1 Å². The molecule has 0 aromatic heterocycles. The van der Waals surface area contributed by atoms with E-state index in [0.717, 1.165) is 25.7 Å². The van der Waals surface area contributed by atoms with Crippen LogP contribution in [0.4, 0.5) is 0 Å². The quantitative estimate of drug-likeness (QED) is 0.725. The fourth-order valence-electron chi connectivity index (χ4n) is 2.19. The highest BCUT2D eigenvalue weighted by Gasteiger charge is 2.29. The molecule has 1 saturated heterocycles. The third-order valence-corrected chi connectivity index (χ3v) is 3.57. The van der Waals surface area contributed by atoms with Gasteiger partial charge in [0.05, 0.1) is 0 Å². The molecule has 1 heterocycles. The Morgan fingerprint density at radius 1 is 1.61 bits per heavy atom. The Balaban J connectivity index is 2.41.